The maximum atomic E-state index is 13.2. The van der Waals surface area contributed by atoms with Crippen LogP contribution in [0.25, 0.3) is 0 Å². The Balaban J connectivity index is 1.55. The maximum absolute atomic E-state index is 13.2. The van der Waals surface area contributed by atoms with Crippen molar-refractivity contribution in [1.82, 2.24) is 15.5 Å². The molecule has 0 radical (unpaired) electrons. The number of benzene rings is 1. The van der Waals surface area contributed by atoms with E-state index < -0.39 is 29.7 Å². The smallest absolute Gasteiger partial charge is 0.264 e. The molecule has 1 atom stereocenters. The highest BCUT2D eigenvalue weighted by Gasteiger charge is 2.46. The van der Waals surface area contributed by atoms with Crippen LogP contribution in [0.1, 0.15) is 52.8 Å². The van der Waals surface area contributed by atoms with Gasteiger partial charge < -0.3 is 10.2 Å². The number of hydrogen-bond donors (Lipinski definition) is 2. The van der Waals surface area contributed by atoms with Crippen molar-refractivity contribution in [2.45, 2.75) is 38.1 Å². The monoisotopic (exact) mass is 412 g/mol. The van der Waals surface area contributed by atoms with Gasteiger partial charge in [-0.3, -0.25) is 34.2 Å². The lowest BCUT2D eigenvalue weighted by Gasteiger charge is -2.34. The molecule has 1 unspecified atom stereocenters. The van der Waals surface area contributed by atoms with Crippen molar-refractivity contribution in [2.75, 3.05) is 25.0 Å². The highest BCUT2D eigenvalue weighted by molar-refractivity contribution is 6.25. The molecule has 0 spiro atoms. The number of hydrogen-bond acceptors (Lipinski definition) is 6. The second kappa shape index (κ2) is 7.89. The fourth-order valence-electron chi connectivity index (χ4n) is 4.50. The average Bonchev–Trinajstić information content (AvgIpc) is 2.99. The van der Waals surface area contributed by atoms with Crippen LogP contribution in [-0.4, -0.2) is 60.6 Å². The van der Waals surface area contributed by atoms with Crippen LogP contribution < -0.4 is 15.5 Å². The molecule has 1 aromatic rings. The van der Waals surface area contributed by atoms with Gasteiger partial charge in [0.15, 0.2) is 0 Å². The highest BCUT2D eigenvalue weighted by atomic mass is 16.2. The fraction of sp³-hybridized carbons (Fsp3) is 0.476. The van der Waals surface area contributed by atoms with E-state index in [0.717, 1.165) is 17.7 Å². The zero-order valence-electron chi connectivity index (χ0n) is 16.8. The predicted octanol–water partition coefficient (Wildman–Crippen LogP) is 0.440. The summed E-state index contributed by atoms with van der Waals surface area (Å²) in [6, 6.07) is 4.19. The van der Waals surface area contributed by atoms with Gasteiger partial charge in [0.1, 0.15) is 6.04 Å². The molecule has 0 aliphatic carbocycles. The molecular formula is C21H24N4O5. The van der Waals surface area contributed by atoms with Gasteiger partial charge in [-0.2, -0.15) is 0 Å². The number of piperidine rings is 2. The molecule has 0 aromatic heterocycles. The lowest BCUT2D eigenvalue weighted by molar-refractivity contribution is -0.136. The van der Waals surface area contributed by atoms with Crippen LogP contribution in [0.2, 0.25) is 0 Å². The zero-order valence-corrected chi connectivity index (χ0v) is 16.8. The van der Waals surface area contributed by atoms with Crippen LogP contribution in [0, 0.1) is 5.92 Å². The van der Waals surface area contributed by atoms with Crippen molar-refractivity contribution in [3.8, 4) is 0 Å². The van der Waals surface area contributed by atoms with Gasteiger partial charge in [0, 0.05) is 33.0 Å². The first-order valence-electron chi connectivity index (χ1n) is 10.2. The van der Waals surface area contributed by atoms with Crippen LogP contribution in [-0.2, 0) is 14.4 Å². The number of fused-ring (bicyclic) bond motifs is 1. The summed E-state index contributed by atoms with van der Waals surface area (Å²) in [4.78, 5) is 64.5. The summed E-state index contributed by atoms with van der Waals surface area (Å²) in [5.74, 6) is -1.69. The summed E-state index contributed by atoms with van der Waals surface area (Å²) < 4.78 is 0. The van der Waals surface area contributed by atoms with E-state index in [0.29, 0.717) is 30.8 Å². The minimum atomic E-state index is -0.971. The summed E-state index contributed by atoms with van der Waals surface area (Å²) in [5, 5.41) is 4.86. The Labute approximate surface area is 173 Å². The van der Waals surface area contributed by atoms with E-state index in [9.17, 15) is 24.0 Å². The molecule has 0 saturated carbocycles. The van der Waals surface area contributed by atoms with Crippen molar-refractivity contribution in [1.29, 1.82) is 0 Å². The van der Waals surface area contributed by atoms with E-state index in [1.807, 2.05) is 6.07 Å². The Morgan fingerprint density at radius 3 is 2.50 bits per heavy atom. The summed E-state index contributed by atoms with van der Waals surface area (Å²) >= 11 is 0. The van der Waals surface area contributed by atoms with Crippen molar-refractivity contribution in [3.63, 3.8) is 0 Å². The molecule has 9 nitrogen and oxygen atoms in total. The quantitative estimate of drug-likeness (QED) is 0.694. The second-order valence-electron chi connectivity index (χ2n) is 7.95. The number of amides is 5. The second-order valence-corrected chi connectivity index (χ2v) is 7.95. The van der Waals surface area contributed by atoms with E-state index in [-0.39, 0.29) is 30.2 Å². The van der Waals surface area contributed by atoms with Gasteiger partial charge in [-0.15, -0.1) is 0 Å². The van der Waals surface area contributed by atoms with Crippen molar-refractivity contribution >= 4 is 35.2 Å². The number of imide groups is 2. The molecule has 3 aliphatic heterocycles. The Hall–Kier alpha value is -3.23. The highest BCUT2D eigenvalue weighted by Crippen LogP contribution is 2.36. The van der Waals surface area contributed by atoms with Crippen LogP contribution in [0.4, 0.5) is 5.69 Å². The van der Waals surface area contributed by atoms with Gasteiger partial charge in [0.25, 0.3) is 11.8 Å². The van der Waals surface area contributed by atoms with Crippen LogP contribution in [0.5, 0.6) is 0 Å². The Kier molecular flexibility index (Phi) is 5.27. The molecule has 0 bridgehead atoms. The first kappa shape index (κ1) is 20.1. The standard InChI is InChI=1S/C21H24N4O5/c1-22-17(27)11-12-7-9-24(10-8-12)14-4-2-3-13-18(14)21(30)25(20(13)29)15-5-6-16(26)23-19(15)28/h2-4,12,15H,5-11H2,1H3,(H,22,27)(H,23,26,28). The number of nitrogens with zero attached hydrogens (tertiary/aromatic N) is 2. The molecule has 9 heteroatoms. The first-order chi connectivity index (χ1) is 14.4. The van der Waals surface area contributed by atoms with Crippen molar-refractivity contribution < 1.29 is 24.0 Å². The Morgan fingerprint density at radius 2 is 1.83 bits per heavy atom. The minimum absolute atomic E-state index is 0.0229. The number of anilines is 1. The molecule has 3 aliphatic rings. The van der Waals surface area contributed by atoms with Gasteiger partial charge >= 0.3 is 0 Å². The van der Waals surface area contributed by atoms with E-state index in [2.05, 4.69) is 15.5 Å². The third-order valence-electron chi connectivity index (χ3n) is 6.15. The zero-order chi connectivity index (χ0) is 21.4. The third kappa shape index (κ3) is 3.44. The molecule has 2 fully saturated rings. The van der Waals surface area contributed by atoms with Crippen LogP contribution >= 0.6 is 0 Å². The van der Waals surface area contributed by atoms with Crippen LogP contribution in [0.15, 0.2) is 18.2 Å². The lowest BCUT2D eigenvalue weighted by Crippen LogP contribution is -2.54. The fourth-order valence-corrected chi connectivity index (χ4v) is 4.50. The number of carbonyl (C=O) groups excluding carboxylic acids is 5. The average molecular weight is 412 g/mol. The summed E-state index contributed by atoms with van der Waals surface area (Å²) in [7, 11) is 1.63. The van der Waals surface area contributed by atoms with E-state index >= 15 is 0 Å². The van der Waals surface area contributed by atoms with E-state index in [4.69, 9.17) is 0 Å². The van der Waals surface area contributed by atoms with Gasteiger partial charge in [-0.05, 0) is 37.3 Å². The molecule has 1 aromatic carbocycles. The molecule has 4 rings (SSSR count). The molecule has 2 N–H and O–H groups in total. The largest absolute Gasteiger partial charge is 0.371 e. The molecule has 2 saturated heterocycles. The summed E-state index contributed by atoms with van der Waals surface area (Å²) in [6.45, 7) is 1.36. The topological polar surface area (TPSA) is 116 Å². The third-order valence-corrected chi connectivity index (χ3v) is 6.15. The van der Waals surface area contributed by atoms with Gasteiger partial charge in [-0.1, -0.05) is 6.07 Å². The van der Waals surface area contributed by atoms with E-state index in [1.54, 1.807) is 19.2 Å². The lowest BCUT2D eigenvalue weighted by atomic mass is 9.92. The number of carbonyl (C=O) groups is 5. The van der Waals surface area contributed by atoms with Gasteiger partial charge in [0.2, 0.25) is 17.7 Å². The minimum Gasteiger partial charge on any atom is -0.371 e. The van der Waals surface area contributed by atoms with E-state index in [1.165, 1.54) is 0 Å². The number of rotatable bonds is 4. The van der Waals surface area contributed by atoms with Crippen molar-refractivity contribution in [2.24, 2.45) is 5.92 Å². The Bertz CT molecular complexity index is 935. The molecule has 3 heterocycles. The molecule has 158 valence electrons. The van der Waals surface area contributed by atoms with Crippen molar-refractivity contribution in [3.05, 3.63) is 29.3 Å². The molecule has 5 amide bonds. The maximum Gasteiger partial charge on any atom is 0.264 e. The number of nitrogens with one attached hydrogen (secondary N) is 2. The predicted molar refractivity (Wildman–Crippen MR) is 107 cm³/mol. The van der Waals surface area contributed by atoms with Crippen LogP contribution in [0.3, 0.4) is 0 Å². The Morgan fingerprint density at radius 1 is 1.10 bits per heavy atom. The SMILES string of the molecule is CNC(=O)CC1CCN(c2cccc3c2C(=O)N(C2CCC(=O)NC2=O)C3=O)CC1. The van der Waals surface area contributed by atoms with Gasteiger partial charge in [0.05, 0.1) is 16.8 Å². The molecule has 30 heavy (non-hydrogen) atoms. The van der Waals surface area contributed by atoms with Gasteiger partial charge in [-0.25, -0.2) is 0 Å². The normalized spacial score (nSPS) is 22.2. The molecular weight excluding hydrogens is 388 g/mol. The first-order valence-corrected chi connectivity index (χ1v) is 10.2. The summed E-state index contributed by atoms with van der Waals surface area (Å²) in [5.41, 5.74) is 1.28. The summed E-state index contributed by atoms with van der Waals surface area (Å²) in [6.07, 6.45) is 2.34.